The Morgan fingerprint density at radius 3 is 2.60 bits per heavy atom. The molecule has 0 atom stereocenters. The number of nitrogens with two attached hydrogens (primary N) is 1. The highest BCUT2D eigenvalue weighted by atomic mass is 79.9. The molecule has 1 amide bonds. The fraction of sp³-hybridized carbons (Fsp3) is 0. The Morgan fingerprint density at radius 2 is 1.95 bits per heavy atom. The third-order valence-electron chi connectivity index (χ3n) is 2.49. The van der Waals surface area contributed by atoms with Crippen molar-refractivity contribution in [2.75, 3.05) is 11.1 Å². The van der Waals surface area contributed by atoms with E-state index in [9.17, 15) is 13.6 Å². The van der Waals surface area contributed by atoms with Gasteiger partial charge >= 0.3 is 0 Å². The summed E-state index contributed by atoms with van der Waals surface area (Å²) in [6, 6.07) is 6.32. The second-order valence-corrected chi connectivity index (χ2v) is 5.26. The van der Waals surface area contributed by atoms with Crippen LogP contribution in [0.1, 0.15) is 10.4 Å². The zero-order chi connectivity index (χ0) is 14.9. The first-order chi connectivity index (χ1) is 9.38. The van der Waals surface area contributed by atoms with Gasteiger partial charge in [0, 0.05) is 4.47 Å². The lowest BCUT2D eigenvalue weighted by Gasteiger charge is -2.09. The highest BCUT2D eigenvalue weighted by Crippen LogP contribution is 2.27. The zero-order valence-corrected chi connectivity index (χ0v) is 12.2. The molecule has 0 saturated carbocycles. The summed E-state index contributed by atoms with van der Waals surface area (Å²) in [6.45, 7) is 0. The first kappa shape index (κ1) is 14.7. The monoisotopic (exact) mass is 360 g/mol. The Balaban J connectivity index is 2.33. The van der Waals surface area contributed by atoms with Gasteiger partial charge in [0.25, 0.3) is 5.91 Å². The third kappa shape index (κ3) is 3.08. The average Bonchev–Trinajstić information content (AvgIpc) is 2.37. The predicted octanol–water partition coefficient (Wildman–Crippen LogP) is 4.22. The number of carbonyl (C=O) groups is 1. The van der Waals surface area contributed by atoms with Gasteiger partial charge in [-0.1, -0.05) is 27.5 Å². The van der Waals surface area contributed by atoms with Gasteiger partial charge in [0.05, 0.1) is 22.0 Å². The Kier molecular flexibility index (Phi) is 4.25. The van der Waals surface area contributed by atoms with Crippen molar-refractivity contribution in [2.24, 2.45) is 0 Å². The molecule has 104 valence electrons. The van der Waals surface area contributed by atoms with Gasteiger partial charge in [0.2, 0.25) is 0 Å². The van der Waals surface area contributed by atoms with E-state index < -0.39 is 28.8 Å². The normalized spacial score (nSPS) is 10.4. The molecule has 0 aliphatic carbocycles. The molecule has 2 rings (SSSR count). The van der Waals surface area contributed by atoms with Gasteiger partial charge < -0.3 is 11.1 Å². The molecule has 0 fully saturated rings. The summed E-state index contributed by atoms with van der Waals surface area (Å²) in [7, 11) is 0. The van der Waals surface area contributed by atoms with Crippen molar-refractivity contribution in [2.45, 2.75) is 0 Å². The quantitative estimate of drug-likeness (QED) is 0.787. The number of rotatable bonds is 2. The first-order valence-electron chi connectivity index (χ1n) is 5.39. The van der Waals surface area contributed by atoms with E-state index in [1.54, 1.807) is 12.1 Å². The van der Waals surface area contributed by atoms with Crippen molar-refractivity contribution in [1.29, 1.82) is 0 Å². The summed E-state index contributed by atoms with van der Waals surface area (Å²) in [6.07, 6.45) is 0. The number of carbonyl (C=O) groups excluding carboxylic acids is 1. The van der Waals surface area contributed by atoms with E-state index >= 15 is 0 Å². The van der Waals surface area contributed by atoms with Gasteiger partial charge in [-0.05, 0) is 30.3 Å². The highest BCUT2D eigenvalue weighted by molar-refractivity contribution is 9.10. The standard InChI is InChI=1S/C13H8BrClF2N2O/c14-6-1-2-11(9(15)3-6)19-13(20)8-4-7(16)5-10(18)12(8)17/h1-5H,18H2,(H,19,20). The topological polar surface area (TPSA) is 55.1 Å². The molecule has 0 unspecified atom stereocenters. The van der Waals surface area contributed by atoms with Gasteiger partial charge in [-0.15, -0.1) is 0 Å². The number of amides is 1. The van der Waals surface area contributed by atoms with Crippen molar-refractivity contribution >= 4 is 44.8 Å². The molecule has 0 heterocycles. The summed E-state index contributed by atoms with van der Waals surface area (Å²) in [5.41, 5.74) is 4.64. The SMILES string of the molecule is Nc1cc(F)cc(C(=O)Nc2ccc(Br)cc2Cl)c1F. The molecule has 20 heavy (non-hydrogen) atoms. The van der Waals surface area contributed by atoms with Crippen molar-refractivity contribution in [3.05, 3.63) is 57.0 Å². The van der Waals surface area contributed by atoms with Crippen LogP contribution >= 0.6 is 27.5 Å². The Labute approximate surface area is 126 Å². The van der Waals surface area contributed by atoms with Crippen LogP contribution in [0.4, 0.5) is 20.2 Å². The molecule has 0 radical (unpaired) electrons. The maximum atomic E-state index is 13.7. The molecule has 0 bridgehead atoms. The van der Waals surface area contributed by atoms with Crippen LogP contribution in [0.2, 0.25) is 5.02 Å². The number of benzene rings is 2. The maximum Gasteiger partial charge on any atom is 0.258 e. The van der Waals surface area contributed by atoms with Crippen molar-refractivity contribution in [1.82, 2.24) is 0 Å². The van der Waals surface area contributed by atoms with E-state index in [4.69, 9.17) is 17.3 Å². The van der Waals surface area contributed by atoms with E-state index in [1.807, 2.05) is 0 Å². The number of nitrogens with one attached hydrogen (secondary N) is 1. The van der Waals surface area contributed by atoms with E-state index in [0.717, 1.165) is 16.6 Å². The summed E-state index contributed by atoms with van der Waals surface area (Å²) >= 11 is 9.14. The van der Waals surface area contributed by atoms with Crippen LogP contribution in [-0.4, -0.2) is 5.91 Å². The molecule has 0 saturated heterocycles. The fourth-order valence-corrected chi connectivity index (χ4v) is 2.28. The Bertz CT molecular complexity index is 694. The van der Waals surface area contributed by atoms with Crippen LogP contribution < -0.4 is 11.1 Å². The van der Waals surface area contributed by atoms with Crippen LogP contribution in [0, 0.1) is 11.6 Å². The molecule has 7 heteroatoms. The molecule has 2 aromatic carbocycles. The molecule has 3 nitrogen and oxygen atoms in total. The molecule has 0 aliphatic rings. The van der Waals surface area contributed by atoms with Crippen LogP contribution in [0.25, 0.3) is 0 Å². The van der Waals surface area contributed by atoms with Gasteiger partial charge in [0.1, 0.15) is 5.82 Å². The summed E-state index contributed by atoms with van der Waals surface area (Å²) < 4.78 is 27.6. The molecule has 0 aromatic heterocycles. The fourth-order valence-electron chi connectivity index (χ4n) is 1.56. The molecule has 0 spiro atoms. The number of nitrogen functional groups attached to an aromatic ring is 1. The van der Waals surface area contributed by atoms with Crippen molar-refractivity contribution < 1.29 is 13.6 Å². The lowest BCUT2D eigenvalue weighted by atomic mass is 10.1. The van der Waals surface area contributed by atoms with Gasteiger partial charge in [0.15, 0.2) is 5.82 Å². The van der Waals surface area contributed by atoms with E-state index in [-0.39, 0.29) is 10.7 Å². The molecule has 0 aliphatic heterocycles. The minimum Gasteiger partial charge on any atom is -0.396 e. The zero-order valence-electron chi connectivity index (χ0n) is 9.88. The highest BCUT2D eigenvalue weighted by Gasteiger charge is 2.17. The van der Waals surface area contributed by atoms with Gasteiger partial charge in [-0.3, -0.25) is 4.79 Å². The molecule has 3 N–H and O–H groups in total. The van der Waals surface area contributed by atoms with Gasteiger partial charge in [-0.25, -0.2) is 8.78 Å². The van der Waals surface area contributed by atoms with E-state index in [2.05, 4.69) is 21.2 Å². The lowest BCUT2D eigenvalue weighted by molar-refractivity contribution is 0.102. The van der Waals surface area contributed by atoms with E-state index in [0.29, 0.717) is 0 Å². The molecule has 2 aromatic rings. The number of halogens is 4. The summed E-state index contributed by atoms with van der Waals surface area (Å²) in [5, 5.41) is 2.66. The van der Waals surface area contributed by atoms with Crippen molar-refractivity contribution in [3.8, 4) is 0 Å². The number of hydrogen-bond acceptors (Lipinski definition) is 2. The van der Waals surface area contributed by atoms with Crippen LogP contribution in [0.5, 0.6) is 0 Å². The average molecular weight is 362 g/mol. The largest absolute Gasteiger partial charge is 0.396 e. The number of anilines is 2. The van der Waals surface area contributed by atoms with Gasteiger partial charge in [-0.2, -0.15) is 0 Å². The van der Waals surface area contributed by atoms with Crippen LogP contribution in [-0.2, 0) is 0 Å². The maximum absolute atomic E-state index is 13.7. The Morgan fingerprint density at radius 1 is 1.25 bits per heavy atom. The predicted molar refractivity (Wildman–Crippen MR) is 77.9 cm³/mol. The minimum absolute atomic E-state index is 0.262. The smallest absolute Gasteiger partial charge is 0.258 e. The number of hydrogen-bond donors (Lipinski definition) is 2. The lowest BCUT2D eigenvalue weighted by Crippen LogP contribution is -2.15. The molecular formula is C13H8BrClF2N2O. The van der Waals surface area contributed by atoms with Crippen LogP contribution in [0.3, 0.4) is 0 Å². The molecular weight excluding hydrogens is 354 g/mol. The summed E-state index contributed by atoms with van der Waals surface area (Å²) in [5.74, 6) is -2.61. The van der Waals surface area contributed by atoms with Crippen LogP contribution in [0.15, 0.2) is 34.8 Å². The second kappa shape index (κ2) is 5.76. The third-order valence-corrected chi connectivity index (χ3v) is 3.30. The van der Waals surface area contributed by atoms with Crippen molar-refractivity contribution in [3.63, 3.8) is 0 Å². The van der Waals surface area contributed by atoms with E-state index in [1.165, 1.54) is 6.07 Å². The second-order valence-electron chi connectivity index (χ2n) is 3.93. The summed E-state index contributed by atoms with van der Waals surface area (Å²) in [4.78, 5) is 11.9. The Hall–Kier alpha value is -1.66. The first-order valence-corrected chi connectivity index (χ1v) is 6.56. The minimum atomic E-state index is -0.975.